The van der Waals surface area contributed by atoms with Gasteiger partial charge in [0.15, 0.2) is 9.84 Å². The van der Waals surface area contributed by atoms with E-state index in [2.05, 4.69) is 12.2 Å². The number of nitrogens with one attached hydrogen (secondary N) is 1. The van der Waals surface area contributed by atoms with Crippen LogP contribution in [0.3, 0.4) is 0 Å². The van der Waals surface area contributed by atoms with Crippen molar-refractivity contribution in [2.45, 2.75) is 76.0 Å². The summed E-state index contributed by atoms with van der Waals surface area (Å²) in [5, 5.41) is 3.10. The standard InChI is InChI=1S/C14H29NO2S/c1-3-4-5-6-7-10-13(15-2)14-11-8-9-12-18(14,16)17/h13-15H,3-12H2,1-2H3. The van der Waals surface area contributed by atoms with E-state index in [-0.39, 0.29) is 11.3 Å². The van der Waals surface area contributed by atoms with Gasteiger partial charge in [-0.25, -0.2) is 8.42 Å². The molecule has 2 unspecified atom stereocenters. The molecule has 0 aromatic rings. The quantitative estimate of drug-likeness (QED) is 0.693. The zero-order valence-electron chi connectivity index (χ0n) is 12.0. The summed E-state index contributed by atoms with van der Waals surface area (Å²) in [4.78, 5) is 0. The van der Waals surface area contributed by atoms with E-state index < -0.39 is 9.84 Å². The van der Waals surface area contributed by atoms with Crippen LogP contribution < -0.4 is 5.32 Å². The molecule has 0 aliphatic carbocycles. The Labute approximate surface area is 113 Å². The van der Waals surface area contributed by atoms with E-state index in [0.29, 0.717) is 5.75 Å². The van der Waals surface area contributed by atoms with Gasteiger partial charge in [-0.2, -0.15) is 0 Å². The van der Waals surface area contributed by atoms with Crippen LogP contribution in [0.1, 0.15) is 64.7 Å². The van der Waals surface area contributed by atoms with Gasteiger partial charge in [-0.3, -0.25) is 0 Å². The van der Waals surface area contributed by atoms with E-state index in [9.17, 15) is 8.42 Å². The lowest BCUT2D eigenvalue weighted by molar-refractivity contribution is 0.423. The minimum Gasteiger partial charge on any atom is -0.316 e. The molecule has 1 heterocycles. The van der Waals surface area contributed by atoms with E-state index in [4.69, 9.17) is 0 Å². The second kappa shape index (κ2) is 8.16. The summed E-state index contributed by atoms with van der Waals surface area (Å²) < 4.78 is 24.2. The van der Waals surface area contributed by atoms with Gasteiger partial charge in [0.05, 0.1) is 11.0 Å². The second-order valence-corrected chi connectivity index (χ2v) is 7.84. The number of rotatable bonds is 8. The summed E-state index contributed by atoms with van der Waals surface area (Å²) in [6, 6.07) is 0.164. The van der Waals surface area contributed by atoms with Gasteiger partial charge in [-0.1, -0.05) is 45.4 Å². The molecule has 0 aromatic carbocycles. The van der Waals surface area contributed by atoms with Crippen LogP contribution in [0.2, 0.25) is 0 Å². The Balaban J connectivity index is 2.39. The third-order valence-corrected chi connectivity index (χ3v) is 6.41. The van der Waals surface area contributed by atoms with Crippen LogP contribution in [0.5, 0.6) is 0 Å². The van der Waals surface area contributed by atoms with Crippen LogP contribution in [0, 0.1) is 0 Å². The molecule has 1 N–H and O–H groups in total. The predicted molar refractivity (Wildman–Crippen MR) is 77.6 cm³/mol. The lowest BCUT2D eigenvalue weighted by Gasteiger charge is -2.30. The summed E-state index contributed by atoms with van der Waals surface area (Å²) in [6.07, 6.45) is 10.00. The zero-order chi connectivity index (χ0) is 13.4. The number of sulfone groups is 1. The van der Waals surface area contributed by atoms with Crippen molar-refractivity contribution in [2.24, 2.45) is 0 Å². The molecular weight excluding hydrogens is 246 g/mol. The van der Waals surface area contributed by atoms with Crippen LogP contribution in [0.15, 0.2) is 0 Å². The van der Waals surface area contributed by atoms with Crippen molar-refractivity contribution in [1.29, 1.82) is 0 Å². The van der Waals surface area contributed by atoms with Gasteiger partial charge in [-0.05, 0) is 26.3 Å². The molecule has 1 aliphatic rings. The average Bonchev–Trinajstić information content (AvgIpc) is 2.34. The summed E-state index contributed by atoms with van der Waals surface area (Å²) in [5.74, 6) is 0.395. The van der Waals surface area contributed by atoms with Crippen molar-refractivity contribution in [2.75, 3.05) is 12.8 Å². The van der Waals surface area contributed by atoms with E-state index in [1.54, 1.807) is 0 Å². The van der Waals surface area contributed by atoms with E-state index in [0.717, 1.165) is 32.1 Å². The van der Waals surface area contributed by atoms with Gasteiger partial charge < -0.3 is 5.32 Å². The van der Waals surface area contributed by atoms with Crippen LogP contribution in [-0.2, 0) is 9.84 Å². The van der Waals surface area contributed by atoms with Crippen LogP contribution in [0.4, 0.5) is 0 Å². The number of hydrogen-bond donors (Lipinski definition) is 1. The first-order valence-corrected chi connectivity index (χ1v) is 9.22. The Hall–Kier alpha value is -0.0900. The molecule has 0 saturated carbocycles. The first-order valence-electron chi connectivity index (χ1n) is 7.50. The molecule has 108 valence electrons. The fourth-order valence-electron chi connectivity index (χ4n) is 2.92. The Morgan fingerprint density at radius 1 is 1.17 bits per heavy atom. The van der Waals surface area contributed by atoms with Crippen molar-refractivity contribution in [3.05, 3.63) is 0 Å². The lowest BCUT2D eigenvalue weighted by Crippen LogP contribution is -2.45. The highest BCUT2D eigenvalue weighted by molar-refractivity contribution is 7.92. The Morgan fingerprint density at radius 3 is 2.50 bits per heavy atom. The maximum Gasteiger partial charge on any atom is 0.154 e. The summed E-state index contributed by atoms with van der Waals surface area (Å²) in [6.45, 7) is 2.21. The molecule has 1 fully saturated rings. The fraction of sp³-hybridized carbons (Fsp3) is 1.00. The van der Waals surface area contributed by atoms with E-state index in [1.165, 1.54) is 25.7 Å². The van der Waals surface area contributed by atoms with Gasteiger partial charge in [0.25, 0.3) is 0 Å². The fourth-order valence-corrected chi connectivity index (χ4v) is 5.12. The first-order chi connectivity index (χ1) is 8.61. The molecule has 1 saturated heterocycles. The van der Waals surface area contributed by atoms with Gasteiger partial charge in [-0.15, -0.1) is 0 Å². The SMILES string of the molecule is CCCCCCCC(NC)C1CCCCS1(=O)=O. The average molecular weight is 275 g/mol. The summed E-state index contributed by atoms with van der Waals surface area (Å²) in [5.41, 5.74) is 0. The van der Waals surface area contributed by atoms with Gasteiger partial charge in [0.1, 0.15) is 0 Å². The molecule has 3 nitrogen and oxygen atoms in total. The van der Waals surface area contributed by atoms with Crippen molar-refractivity contribution in [3.8, 4) is 0 Å². The summed E-state index contributed by atoms with van der Waals surface area (Å²) in [7, 11) is -0.941. The van der Waals surface area contributed by atoms with Crippen LogP contribution in [0.25, 0.3) is 0 Å². The molecule has 2 atom stereocenters. The molecule has 18 heavy (non-hydrogen) atoms. The normalized spacial score (nSPS) is 24.9. The predicted octanol–water partition coefficient (Wildman–Crippen LogP) is 2.90. The maximum atomic E-state index is 12.1. The molecule has 0 spiro atoms. The van der Waals surface area contributed by atoms with Crippen LogP contribution in [-0.4, -0.2) is 32.5 Å². The Kier molecular flexibility index (Phi) is 7.23. The van der Waals surface area contributed by atoms with Crippen LogP contribution >= 0.6 is 0 Å². The zero-order valence-corrected chi connectivity index (χ0v) is 12.8. The molecular formula is C14H29NO2S. The second-order valence-electron chi connectivity index (χ2n) is 5.50. The molecule has 4 heteroatoms. The maximum absolute atomic E-state index is 12.1. The van der Waals surface area contributed by atoms with Gasteiger partial charge in [0, 0.05) is 6.04 Å². The third kappa shape index (κ3) is 4.88. The molecule has 1 rings (SSSR count). The minimum absolute atomic E-state index is 0.137. The summed E-state index contributed by atoms with van der Waals surface area (Å²) >= 11 is 0. The Bertz CT molecular complexity index is 314. The third-order valence-electron chi connectivity index (χ3n) is 4.07. The van der Waals surface area contributed by atoms with Crippen molar-refractivity contribution < 1.29 is 8.42 Å². The molecule has 0 radical (unpaired) electrons. The highest BCUT2D eigenvalue weighted by Crippen LogP contribution is 2.24. The van der Waals surface area contributed by atoms with Crippen molar-refractivity contribution >= 4 is 9.84 Å². The molecule has 0 amide bonds. The van der Waals surface area contributed by atoms with Crippen molar-refractivity contribution in [1.82, 2.24) is 5.32 Å². The minimum atomic E-state index is -2.84. The molecule has 0 aromatic heterocycles. The first kappa shape index (κ1) is 16.0. The van der Waals surface area contributed by atoms with E-state index in [1.807, 2.05) is 7.05 Å². The Morgan fingerprint density at radius 2 is 1.89 bits per heavy atom. The largest absolute Gasteiger partial charge is 0.316 e. The number of unbranched alkanes of at least 4 members (excludes halogenated alkanes) is 4. The van der Waals surface area contributed by atoms with Crippen molar-refractivity contribution in [3.63, 3.8) is 0 Å². The highest BCUT2D eigenvalue weighted by atomic mass is 32.2. The van der Waals surface area contributed by atoms with E-state index >= 15 is 0 Å². The smallest absolute Gasteiger partial charge is 0.154 e. The number of hydrogen-bond acceptors (Lipinski definition) is 3. The highest BCUT2D eigenvalue weighted by Gasteiger charge is 2.34. The molecule has 0 bridgehead atoms. The monoisotopic (exact) mass is 275 g/mol. The molecule has 1 aliphatic heterocycles. The lowest BCUT2D eigenvalue weighted by atomic mass is 10.0. The topological polar surface area (TPSA) is 46.2 Å². The van der Waals surface area contributed by atoms with Gasteiger partial charge in [0.2, 0.25) is 0 Å². The van der Waals surface area contributed by atoms with Gasteiger partial charge >= 0.3 is 0 Å².